The molecule has 0 fully saturated rings. The molecule has 4 nitrogen and oxygen atoms in total. The molecule has 0 spiro atoms. The number of nitrogens with zero attached hydrogens (tertiary/aromatic N) is 2. The summed E-state index contributed by atoms with van der Waals surface area (Å²) in [5, 5.41) is 0. The highest BCUT2D eigenvalue weighted by Crippen LogP contribution is 1.96. The molecule has 0 aliphatic heterocycles. The number of carbonyl (C=O) groups excluding carboxylic acids is 1. The van der Waals surface area contributed by atoms with Gasteiger partial charge in [0.25, 0.3) is 0 Å². The van der Waals surface area contributed by atoms with Gasteiger partial charge in [0.15, 0.2) is 0 Å². The fourth-order valence-corrected chi connectivity index (χ4v) is 0.922. The van der Waals surface area contributed by atoms with Gasteiger partial charge < -0.3 is 4.74 Å². The van der Waals surface area contributed by atoms with Gasteiger partial charge in [-0.05, 0) is 0 Å². The first-order valence-corrected chi connectivity index (χ1v) is 4.91. The van der Waals surface area contributed by atoms with Crippen molar-refractivity contribution in [1.82, 2.24) is 9.97 Å². The van der Waals surface area contributed by atoms with E-state index in [1.807, 2.05) is 0 Å². The van der Waals surface area contributed by atoms with Crippen molar-refractivity contribution in [2.45, 2.75) is 6.42 Å². The number of hydrogen-bond acceptors (Lipinski definition) is 5. The van der Waals surface area contributed by atoms with Crippen LogP contribution in [-0.4, -0.2) is 28.8 Å². The van der Waals surface area contributed by atoms with Crippen LogP contribution in [0.2, 0.25) is 0 Å². The molecule has 15 heavy (non-hydrogen) atoms. The SMILES string of the molecule is COC(=O)c1ncc(C#CCCS)cn1. The van der Waals surface area contributed by atoms with Crippen LogP contribution in [0.1, 0.15) is 22.6 Å². The van der Waals surface area contributed by atoms with Crippen LogP contribution in [0, 0.1) is 11.8 Å². The molecule has 0 aliphatic carbocycles. The fourth-order valence-electron chi connectivity index (χ4n) is 0.810. The molecule has 78 valence electrons. The summed E-state index contributed by atoms with van der Waals surface area (Å²) >= 11 is 4.03. The highest BCUT2D eigenvalue weighted by atomic mass is 32.1. The van der Waals surface area contributed by atoms with Gasteiger partial charge in [-0.15, -0.1) is 0 Å². The van der Waals surface area contributed by atoms with Crippen LogP contribution in [0.4, 0.5) is 0 Å². The maximum absolute atomic E-state index is 11.0. The van der Waals surface area contributed by atoms with Crippen LogP contribution in [-0.2, 0) is 4.74 Å². The van der Waals surface area contributed by atoms with E-state index in [-0.39, 0.29) is 5.82 Å². The Morgan fingerprint density at radius 2 is 2.20 bits per heavy atom. The Labute approximate surface area is 93.5 Å². The van der Waals surface area contributed by atoms with Crippen molar-refractivity contribution in [2.24, 2.45) is 0 Å². The Hall–Kier alpha value is -1.54. The minimum absolute atomic E-state index is 0.0391. The molecule has 0 atom stereocenters. The zero-order valence-electron chi connectivity index (χ0n) is 8.23. The van der Waals surface area contributed by atoms with Crippen LogP contribution in [0.3, 0.4) is 0 Å². The first kappa shape index (κ1) is 11.5. The van der Waals surface area contributed by atoms with Gasteiger partial charge in [0.2, 0.25) is 5.82 Å². The topological polar surface area (TPSA) is 52.1 Å². The van der Waals surface area contributed by atoms with Gasteiger partial charge in [0.1, 0.15) is 0 Å². The van der Waals surface area contributed by atoms with Gasteiger partial charge in [-0.25, -0.2) is 14.8 Å². The van der Waals surface area contributed by atoms with Crippen LogP contribution < -0.4 is 0 Å². The lowest BCUT2D eigenvalue weighted by Gasteiger charge is -1.95. The fraction of sp³-hybridized carbons (Fsp3) is 0.300. The predicted molar refractivity (Wildman–Crippen MR) is 58.7 cm³/mol. The molecule has 1 aromatic heterocycles. The molecule has 0 bridgehead atoms. The molecule has 0 N–H and O–H groups in total. The molecular weight excluding hydrogens is 212 g/mol. The van der Waals surface area contributed by atoms with Crippen molar-refractivity contribution >= 4 is 18.6 Å². The largest absolute Gasteiger partial charge is 0.463 e. The number of carbonyl (C=O) groups is 1. The highest BCUT2D eigenvalue weighted by molar-refractivity contribution is 7.80. The number of thiol groups is 1. The summed E-state index contributed by atoms with van der Waals surface area (Å²) in [6.07, 6.45) is 3.69. The summed E-state index contributed by atoms with van der Waals surface area (Å²) < 4.78 is 4.46. The average molecular weight is 222 g/mol. The van der Waals surface area contributed by atoms with E-state index in [2.05, 4.69) is 39.2 Å². The second-order valence-electron chi connectivity index (χ2n) is 2.56. The number of hydrogen-bond donors (Lipinski definition) is 1. The Bertz CT molecular complexity index is 392. The maximum atomic E-state index is 11.0. The monoisotopic (exact) mass is 222 g/mol. The van der Waals surface area contributed by atoms with Crippen LogP contribution in [0.5, 0.6) is 0 Å². The van der Waals surface area contributed by atoms with E-state index in [0.717, 1.165) is 0 Å². The molecular formula is C10H10N2O2S. The molecule has 0 saturated carbocycles. The third kappa shape index (κ3) is 3.60. The van der Waals surface area contributed by atoms with Crippen molar-refractivity contribution < 1.29 is 9.53 Å². The van der Waals surface area contributed by atoms with E-state index in [9.17, 15) is 4.79 Å². The van der Waals surface area contributed by atoms with Gasteiger partial charge in [-0.1, -0.05) is 11.8 Å². The lowest BCUT2D eigenvalue weighted by Crippen LogP contribution is -2.06. The maximum Gasteiger partial charge on any atom is 0.376 e. The molecule has 0 amide bonds. The molecule has 0 aliphatic rings. The third-order valence-corrected chi connectivity index (χ3v) is 1.71. The lowest BCUT2D eigenvalue weighted by atomic mass is 10.3. The molecule has 0 aromatic carbocycles. The average Bonchev–Trinajstić information content (AvgIpc) is 2.29. The van der Waals surface area contributed by atoms with Crippen molar-refractivity contribution in [3.8, 4) is 11.8 Å². The third-order valence-electron chi connectivity index (χ3n) is 1.49. The van der Waals surface area contributed by atoms with E-state index < -0.39 is 5.97 Å². The summed E-state index contributed by atoms with van der Waals surface area (Å²) in [5.41, 5.74) is 0.671. The molecule has 0 saturated heterocycles. The second kappa shape index (κ2) is 6.04. The van der Waals surface area contributed by atoms with Gasteiger partial charge in [0.05, 0.1) is 12.7 Å². The van der Waals surface area contributed by atoms with E-state index in [0.29, 0.717) is 17.7 Å². The van der Waals surface area contributed by atoms with E-state index in [1.54, 1.807) is 0 Å². The zero-order chi connectivity index (χ0) is 11.1. The van der Waals surface area contributed by atoms with Crippen molar-refractivity contribution in [2.75, 3.05) is 12.9 Å². The van der Waals surface area contributed by atoms with E-state index in [1.165, 1.54) is 19.5 Å². The Morgan fingerprint density at radius 1 is 1.53 bits per heavy atom. The van der Waals surface area contributed by atoms with Gasteiger partial charge in [0, 0.05) is 24.6 Å². The standard InChI is InChI=1S/C10H10N2O2S/c1-14-10(13)9-11-6-8(7-12-9)4-2-3-5-15/h6-7,15H,3,5H2,1H3. The first-order chi connectivity index (χ1) is 7.27. The summed E-state index contributed by atoms with van der Waals surface area (Å²) in [4.78, 5) is 18.6. The van der Waals surface area contributed by atoms with Crippen LogP contribution in [0.15, 0.2) is 12.4 Å². The van der Waals surface area contributed by atoms with E-state index in [4.69, 9.17) is 0 Å². The van der Waals surface area contributed by atoms with Crippen LogP contribution in [0.25, 0.3) is 0 Å². The van der Waals surface area contributed by atoms with Crippen molar-refractivity contribution in [3.05, 3.63) is 23.8 Å². The number of ether oxygens (including phenoxy) is 1. The number of esters is 1. The molecule has 1 heterocycles. The number of rotatable bonds is 2. The zero-order valence-corrected chi connectivity index (χ0v) is 9.12. The summed E-state index contributed by atoms with van der Waals surface area (Å²) in [5.74, 6) is 5.95. The second-order valence-corrected chi connectivity index (χ2v) is 3.01. The van der Waals surface area contributed by atoms with Gasteiger partial charge in [-0.2, -0.15) is 12.6 Å². The molecule has 1 rings (SSSR count). The Morgan fingerprint density at radius 3 is 2.73 bits per heavy atom. The van der Waals surface area contributed by atoms with Crippen molar-refractivity contribution in [3.63, 3.8) is 0 Å². The van der Waals surface area contributed by atoms with E-state index >= 15 is 0 Å². The molecule has 1 aromatic rings. The van der Waals surface area contributed by atoms with Crippen LogP contribution >= 0.6 is 12.6 Å². The highest BCUT2D eigenvalue weighted by Gasteiger charge is 2.07. The van der Waals surface area contributed by atoms with Gasteiger partial charge >= 0.3 is 5.97 Å². The summed E-state index contributed by atoms with van der Waals surface area (Å²) in [7, 11) is 1.28. The molecule has 5 heteroatoms. The number of methoxy groups -OCH3 is 1. The molecule has 0 unspecified atom stereocenters. The minimum Gasteiger partial charge on any atom is -0.463 e. The number of aromatic nitrogens is 2. The summed E-state index contributed by atoms with van der Waals surface area (Å²) in [6, 6.07) is 0. The van der Waals surface area contributed by atoms with Crippen molar-refractivity contribution in [1.29, 1.82) is 0 Å². The first-order valence-electron chi connectivity index (χ1n) is 4.28. The summed E-state index contributed by atoms with van der Waals surface area (Å²) in [6.45, 7) is 0. The lowest BCUT2D eigenvalue weighted by molar-refractivity contribution is 0.0586. The minimum atomic E-state index is -0.551. The predicted octanol–water partition coefficient (Wildman–Crippen LogP) is 0.935. The molecule has 0 radical (unpaired) electrons. The quantitative estimate of drug-likeness (QED) is 0.459. The smallest absolute Gasteiger partial charge is 0.376 e. The van der Waals surface area contributed by atoms with Gasteiger partial charge in [-0.3, -0.25) is 0 Å². The Kier molecular flexibility index (Phi) is 4.64. The Balaban J connectivity index is 2.73. The normalized spacial score (nSPS) is 8.93.